The number of hydrogen-bond acceptors (Lipinski definition) is 2. The van der Waals surface area contributed by atoms with Crippen molar-refractivity contribution >= 4 is 38.4 Å². The molecule has 1 saturated carbocycles. The van der Waals surface area contributed by atoms with Gasteiger partial charge in [-0.1, -0.05) is 11.6 Å². The number of aromatic nitrogens is 3. The van der Waals surface area contributed by atoms with Gasteiger partial charge in [0.15, 0.2) is 11.0 Å². The van der Waals surface area contributed by atoms with Gasteiger partial charge in [-0.05, 0) is 35.7 Å². The van der Waals surface area contributed by atoms with Crippen molar-refractivity contribution in [3.8, 4) is 0 Å². The molecule has 0 radical (unpaired) electrons. The molecule has 0 atom stereocenters. The standard InChI is InChI=1S/C10H8BrClFN3/c1-4-6-8(16(15-4)5-2-3-5)7(13)10(12)14-9(6)11/h5H,2-3H2,1H3. The first kappa shape index (κ1) is 10.5. The van der Waals surface area contributed by atoms with Crippen LogP contribution < -0.4 is 0 Å². The van der Waals surface area contributed by atoms with E-state index in [1.165, 1.54) is 0 Å². The molecule has 0 unspecified atom stereocenters. The summed E-state index contributed by atoms with van der Waals surface area (Å²) in [5.74, 6) is -0.479. The molecule has 0 saturated heterocycles. The molecule has 2 aromatic rings. The lowest BCUT2D eigenvalue weighted by atomic mass is 10.2. The van der Waals surface area contributed by atoms with Gasteiger partial charge in [0.25, 0.3) is 0 Å². The molecule has 6 heteroatoms. The molecule has 0 amide bonds. The third-order valence-electron chi connectivity index (χ3n) is 2.77. The zero-order valence-electron chi connectivity index (χ0n) is 8.47. The van der Waals surface area contributed by atoms with E-state index in [2.05, 4.69) is 26.0 Å². The summed E-state index contributed by atoms with van der Waals surface area (Å²) in [4.78, 5) is 3.91. The Bertz CT molecular complexity index is 591. The molecule has 0 N–H and O–H groups in total. The van der Waals surface area contributed by atoms with E-state index in [0.717, 1.165) is 18.5 Å². The predicted octanol–water partition coefficient (Wildman–Crippen LogP) is 3.63. The second-order valence-electron chi connectivity index (χ2n) is 3.99. The van der Waals surface area contributed by atoms with Crippen molar-refractivity contribution < 1.29 is 4.39 Å². The van der Waals surface area contributed by atoms with Crippen LogP contribution in [0.15, 0.2) is 4.60 Å². The smallest absolute Gasteiger partial charge is 0.186 e. The zero-order chi connectivity index (χ0) is 11.4. The monoisotopic (exact) mass is 303 g/mol. The SMILES string of the molecule is Cc1nn(C2CC2)c2c(F)c(Cl)nc(Br)c12. The minimum atomic E-state index is -0.479. The minimum Gasteiger partial charge on any atom is -0.258 e. The Morgan fingerprint density at radius 3 is 2.81 bits per heavy atom. The first-order chi connectivity index (χ1) is 7.59. The zero-order valence-corrected chi connectivity index (χ0v) is 10.8. The van der Waals surface area contributed by atoms with Crippen molar-refractivity contribution in [1.82, 2.24) is 14.8 Å². The van der Waals surface area contributed by atoms with Gasteiger partial charge < -0.3 is 0 Å². The van der Waals surface area contributed by atoms with E-state index >= 15 is 0 Å². The maximum atomic E-state index is 14.0. The van der Waals surface area contributed by atoms with Crippen LogP contribution in [-0.4, -0.2) is 14.8 Å². The van der Waals surface area contributed by atoms with Gasteiger partial charge in [-0.2, -0.15) is 5.10 Å². The summed E-state index contributed by atoms with van der Waals surface area (Å²) < 4.78 is 16.3. The average molecular weight is 305 g/mol. The summed E-state index contributed by atoms with van der Waals surface area (Å²) in [6, 6.07) is 0.316. The number of aryl methyl sites for hydroxylation is 1. The van der Waals surface area contributed by atoms with Crippen LogP contribution in [0.25, 0.3) is 10.9 Å². The van der Waals surface area contributed by atoms with Crippen molar-refractivity contribution in [2.75, 3.05) is 0 Å². The van der Waals surface area contributed by atoms with E-state index in [-0.39, 0.29) is 5.15 Å². The van der Waals surface area contributed by atoms with Crippen LogP contribution in [0, 0.1) is 12.7 Å². The number of halogens is 3. The molecular formula is C10H8BrClFN3. The number of fused-ring (bicyclic) bond motifs is 1. The molecule has 0 bridgehead atoms. The Balaban J connectivity index is 2.45. The maximum Gasteiger partial charge on any atom is 0.186 e. The first-order valence-corrected chi connectivity index (χ1v) is 6.16. The highest BCUT2D eigenvalue weighted by Gasteiger charge is 2.29. The predicted molar refractivity (Wildman–Crippen MR) is 63.2 cm³/mol. The van der Waals surface area contributed by atoms with Gasteiger partial charge in [0.2, 0.25) is 0 Å². The summed E-state index contributed by atoms with van der Waals surface area (Å²) in [5, 5.41) is 4.97. The highest BCUT2D eigenvalue weighted by Crippen LogP contribution is 2.40. The van der Waals surface area contributed by atoms with Crippen LogP contribution in [0.2, 0.25) is 5.15 Å². The molecular weight excluding hydrogens is 296 g/mol. The lowest BCUT2D eigenvalue weighted by Crippen LogP contribution is -1.99. The van der Waals surface area contributed by atoms with Crippen molar-refractivity contribution in [3.63, 3.8) is 0 Å². The van der Waals surface area contributed by atoms with Crippen molar-refractivity contribution in [2.45, 2.75) is 25.8 Å². The summed E-state index contributed by atoms with van der Waals surface area (Å²) >= 11 is 9.04. The fourth-order valence-electron chi connectivity index (χ4n) is 1.88. The van der Waals surface area contributed by atoms with Crippen LogP contribution >= 0.6 is 27.5 Å². The largest absolute Gasteiger partial charge is 0.258 e. The van der Waals surface area contributed by atoms with Crippen molar-refractivity contribution in [3.05, 3.63) is 21.3 Å². The number of rotatable bonds is 1. The van der Waals surface area contributed by atoms with Gasteiger partial charge in [-0.15, -0.1) is 0 Å². The summed E-state index contributed by atoms with van der Waals surface area (Å²) in [5.41, 5.74) is 1.24. The summed E-state index contributed by atoms with van der Waals surface area (Å²) in [7, 11) is 0. The van der Waals surface area contributed by atoms with E-state index in [1.54, 1.807) is 4.68 Å². The Labute approximate surface area is 105 Å². The number of nitrogens with zero attached hydrogens (tertiary/aromatic N) is 3. The Hall–Kier alpha value is -0.680. The molecule has 2 aromatic heterocycles. The molecule has 1 fully saturated rings. The summed E-state index contributed by atoms with van der Waals surface area (Å²) in [6.45, 7) is 1.85. The van der Waals surface area contributed by atoms with Crippen LogP contribution in [0.1, 0.15) is 24.6 Å². The number of pyridine rings is 1. The molecule has 1 aliphatic carbocycles. The molecule has 0 aliphatic heterocycles. The maximum absolute atomic E-state index is 14.0. The minimum absolute atomic E-state index is 0.110. The van der Waals surface area contributed by atoms with Gasteiger partial charge in [0.05, 0.1) is 17.1 Å². The Morgan fingerprint density at radius 1 is 1.50 bits per heavy atom. The highest BCUT2D eigenvalue weighted by molar-refractivity contribution is 9.10. The van der Waals surface area contributed by atoms with E-state index in [0.29, 0.717) is 21.5 Å². The highest BCUT2D eigenvalue weighted by atomic mass is 79.9. The third kappa shape index (κ3) is 1.38. The molecule has 2 heterocycles. The third-order valence-corrected chi connectivity index (χ3v) is 3.59. The second kappa shape index (κ2) is 3.40. The van der Waals surface area contributed by atoms with Crippen LogP contribution in [0.5, 0.6) is 0 Å². The van der Waals surface area contributed by atoms with Gasteiger partial charge in [0.1, 0.15) is 10.1 Å². The van der Waals surface area contributed by atoms with Gasteiger partial charge in [-0.3, -0.25) is 4.68 Å². The average Bonchev–Trinajstić information content (AvgIpc) is 2.99. The first-order valence-electron chi connectivity index (χ1n) is 4.99. The van der Waals surface area contributed by atoms with E-state index in [9.17, 15) is 4.39 Å². The molecule has 16 heavy (non-hydrogen) atoms. The van der Waals surface area contributed by atoms with Crippen LogP contribution in [0.4, 0.5) is 4.39 Å². The van der Waals surface area contributed by atoms with Crippen molar-refractivity contribution in [2.24, 2.45) is 0 Å². The normalized spacial score (nSPS) is 16.0. The summed E-state index contributed by atoms with van der Waals surface area (Å²) in [6.07, 6.45) is 2.10. The molecule has 1 aliphatic rings. The van der Waals surface area contributed by atoms with E-state index < -0.39 is 5.82 Å². The molecule has 0 spiro atoms. The lowest BCUT2D eigenvalue weighted by Gasteiger charge is -2.03. The van der Waals surface area contributed by atoms with Gasteiger partial charge in [-0.25, -0.2) is 9.37 Å². The van der Waals surface area contributed by atoms with Gasteiger partial charge >= 0.3 is 0 Å². The Morgan fingerprint density at radius 2 is 2.19 bits per heavy atom. The van der Waals surface area contributed by atoms with E-state index in [4.69, 9.17) is 11.6 Å². The topological polar surface area (TPSA) is 30.7 Å². The molecule has 0 aromatic carbocycles. The molecule has 84 valence electrons. The quantitative estimate of drug-likeness (QED) is 0.753. The fourth-order valence-corrected chi connectivity index (χ4v) is 2.81. The lowest BCUT2D eigenvalue weighted by molar-refractivity contribution is 0.598. The van der Waals surface area contributed by atoms with Crippen LogP contribution in [0.3, 0.4) is 0 Å². The van der Waals surface area contributed by atoms with Crippen molar-refractivity contribution in [1.29, 1.82) is 0 Å². The Kier molecular flexibility index (Phi) is 2.23. The van der Waals surface area contributed by atoms with Gasteiger partial charge in [0, 0.05) is 0 Å². The molecule has 3 rings (SSSR count). The second-order valence-corrected chi connectivity index (χ2v) is 5.10. The van der Waals surface area contributed by atoms with E-state index in [1.807, 2.05) is 6.92 Å². The molecule has 3 nitrogen and oxygen atoms in total. The fraction of sp³-hybridized carbons (Fsp3) is 0.400. The van der Waals surface area contributed by atoms with Crippen LogP contribution in [-0.2, 0) is 0 Å². The number of hydrogen-bond donors (Lipinski definition) is 0.